The van der Waals surface area contributed by atoms with E-state index in [1.807, 2.05) is 24.1 Å². The molecule has 0 unspecified atom stereocenters. The van der Waals surface area contributed by atoms with Gasteiger partial charge in [-0.15, -0.1) is 0 Å². The summed E-state index contributed by atoms with van der Waals surface area (Å²) < 4.78 is 1.76. The van der Waals surface area contributed by atoms with E-state index in [0.717, 1.165) is 32.4 Å². The Morgan fingerprint density at radius 1 is 1.21 bits per heavy atom. The van der Waals surface area contributed by atoms with Crippen LogP contribution in [0.3, 0.4) is 0 Å². The maximum atomic E-state index is 12.4. The van der Waals surface area contributed by atoms with Crippen LogP contribution < -0.4 is 5.73 Å². The van der Waals surface area contributed by atoms with Gasteiger partial charge in [-0.25, -0.2) is 4.98 Å². The smallest absolute Gasteiger partial charge is 0.289 e. The molecule has 0 radical (unpaired) electrons. The highest BCUT2D eigenvalue weighted by molar-refractivity contribution is 5.92. The van der Waals surface area contributed by atoms with E-state index in [1.54, 1.807) is 29.1 Å². The molecule has 0 aliphatic carbocycles. The molecule has 0 saturated carbocycles. The molecular formula is C18H22N4O2. The van der Waals surface area contributed by atoms with Crippen molar-refractivity contribution in [2.24, 2.45) is 18.7 Å². The summed E-state index contributed by atoms with van der Waals surface area (Å²) >= 11 is 0. The Hall–Kier alpha value is -2.63. The van der Waals surface area contributed by atoms with Crippen LogP contribution in [0.15, 0.2) is 36.7 Å². The van der Waals surface area contributed by atoms with Gasteiger partial charge in [0.15, 0.2) is 5.82 Å². The van der Waals surface area contributed by atoms with E-state index in [0.29, 0.717) is 17.3 Å². The van der Waals surface area contributed by atoms with E-state index in [-0.39, 0.29) is 5.91 Å². The first-order valence-electron chi connectivity index (χ1n) is 8.20. The highest BCUT2D eigenvalue weighted by Crippen LogP contribution is 2.23. The van der Waals surface area contributed by atoms with Crippen molar-refractivity contribution >= 4 is 11.8 Å². The molecule has 6 heteroatoms. The molecule has 24 heavy (non-hydrogen) atoms. The molecule has 0 bridgehead atoms. The molecule has 3 rings (SSSR count). The number of hydrogen-bond donors (Lipinski definition) is 1. The molecule has 1 saturated heterocycles. The van der Waals surface area contributed by atoms with Crippen LogP contribution >= 0.6 is 0 Å². The minimum absolute atomic E-state index is 0.00626. The Balaban J connectivity index is 1.54. The topological polar surface area (TPSA) is 81.2 Å². The summed E-state index contributed by atoms with van der Waals surface area (Å²) in [4.78, 5) is 29.6. The molecule has 1 aliphatic rings. The zero-order chi connectivity index (χ0) is 17.1. The number of nitrogens with zero attached hydrogens (tertiary/aromatic N) is 3. The lowest BCUT2D eigenvalue weighted by Crippen LogP contribution is -2.39. The van der Waals surface area contributed by atoms with E-state index >= 15 is 0 Å². The van der Waals surface area contributed by atoms with Crippen molar-refractivity contribution in [3.05, 3.63) is 53.6 Å². The van der Waals surface area contributed by atoms with Crippen molar-refractivity contribution in [3.63, 3.8) is 0 Å². The van der Waals surface area contributed by atoms with Crippen molar-refractivity contribution in [3.8, 4) is 0 Å². The minimum Gasteiger partial charge on any atom is -0.366 e. The number of hydrogen-bond acceptors (Lipinski definition) is 3. The Kier molecular flexibility index (Phi) is 4.64. The third kappa shape index (κ3) is 3.48. The normalized spacial score (nSPS) is 15.5. The van der Waals surface area contributed by atoms with Gasteiger partial charge in [-0.05, 0) is 42.9 Å². The van der Waals surface area contributed by atoms with Gasteiger partial charge in [0.2, 0.25) is 5.91 Å². The summed E-state index contributed by atoms with van der Waals surface area (Å²) in [6.45, 7) is 1.52. The largest absolute Gasteiger partial charge is 0.366 e. The monoisotopic (exact) mass is 326 g/mol. The lowest BCUT2D eigenvalue weighted by atomic mass is 9.90. The Morgan fingerprint density at radius 2 is 1.88 bits per heavy atom. The quantitative estimate of drug-likeness (QED) is 0.927. The summed E-state index contributed by atoms with van der Waals surface area (Å²) in [7, 11) is 1.84. The van der Waals surface area contributed by atoms with Gasteiger partial charge in [0, 0.05) is 38.1 Å². The molecule has 2 aromatic rings. The SMILES string of the molecule is Cn1ccnc1C(=O)N1CCC(Cc2ccc(C(N)=O)cc2)CC1. The first-order chi connectivity index (χ1) is 11.5. The zero-order valence-corrected chi connectivity index (χ0v) is 13.8. The highest BCUT2D eigenvalue weighted by atomic mass is 16.2. The summed E-state index contributed by atoms with van der Waals surface area (Å²) in [5.74, 6) is 0.653. The first kappa shape index (κ1) is 16.2. The molecule has 0 atom stereocenters. The van der Waals surface area contributed by atoms with Crippen molar-refractivity contribution in [2.75, 3.05) is 13.1 Å². The number of amides is 2. The number of aryl methyl sites for hydroxylation is 1. The molecule has 0 spiro atoms. The van der Waals surface area contributed by atoms with Crippen LogP contribution in [0.2, 0.25) is 0 Å². The van der Waals surface area contributed by atoms with Gasteiger partial charge in [-0.1, -0.05) is 12.1 Å². The molecule has 2 heterocycles. The summed E-state index contributed by atoms with van der Waals surface area (Å²) in [6.07, 6.45) is 6.36. The lowest BCUT2D eigenvalue weighted by molar-refractivity contribution is 0.0674. The lowest BCUT2D eigenvalue weighted by Gasteiger charge is -2.31. The molecule has 1 aromatic heterocycles. The van der Waals surface area contributed by atoms with E-state index in [2.05, 4.69) is 4.98 Å². The molecule has 1 aromatic carbocycles. The number of carbonyl (C=O) groups is 2. The van der Waals surface area contributed by atoms with Crippen LogP contribution in [-0.4, -0.2) is 39.4 Å². The van der Waals surface area contributed by atoms with Crippen LogP contribution in [0.1, 0.15) is 39.4 Å². The third-order valence-corrected chi connectivity index (χ3v) is 4.68. The van der Waals surface area contributed by atoms with Crippen LogP contribution in [0.4, 0.5) is 0 Å². The van der Waals surface area contributed by atoms with Gasteiger partial charge in [-0.2, -0.15) is 0 Å². The van der Waals surface area contributed by atoms with E-state index in [9.17, 15) is 9.59 Å². The molecule has 126 valence electrons. The molecule has 2 amide bonds. The average molecular weight is 326 g/mol. The van der Waals surface area contributed by atoms with Gasteiger partial charge in [0.05, 0.1) is 0 Å². The molecule has 6 nitrogen and oxygen atoms in total. The number of likely N-dealkylation sites (tertiary alicyclic amines) is 1. The predicted octanol–water partition coefficient (Wildman–Crippen LogP) is 1.61. The second-order valence-corrected chi connectivity index (χ2v) is 6.36. The number of carbonyl (C=O) groups excluding carboxylic acids is 2. The predicted molar refractivity (Wildman–Crippen MR) is 90.5 cm³/mol. The number of primary amides is 1. The molecular weight excluding hydrogens is 304 g/mol. The van der Waals surface area contributed by atoms with E-state index in [4.69, 9.17) is 5.73 Å². The van der Waals surface area contributed by atoms with Crippen LogP contribution in [0.5, 0.6) is 0 Å². The molecule has 1 fully saturated rings. The van der Waals surface area contributed by atoms with Crippen molar-refractivity contribution < 1.29 is 9.59 Å². The summed E-state index contributed by atoms with van der Waals surface area (Å²) in [6, 6.07) is 7.48. The van der Waals surface area contributed by atoms with Gasteiger partial charge in [0.25, 0.3) is 5.91 Å². The van der Waals surface area contributed by atoms with Gasteiger partial charge >= 0.3 is 0 Å². The third-order valence-electron chi connectivity index (χ3n) is 4.68. The van der Waals surface area contributed by atoms with E-state index in [1.165, 1.54) is 5.56 Å². The maximum absolute atomic E-state index is 12.4. The Labute approximate surface area is 141 Å². The zero-order valence-electron chi connectivity index (χ0n) is 13.8. The number of aromatic nitrogens is 2. The minimum atomic E-state index is -0.400. The van der Waals surface area contributed by atoms with Gasteiger partial charge in [-0.3, -0.25) is 9.59 Å². The summed E-state index contributed by atoms with van der Waals surface area (Å²) in [5, 5.41) is 0. The maximum Gasteiger partial charge on any atom is 0.289 e. The molecule has 1 aliphatic heterocycles. The fraction of sp³-hybridized carbons (Fsp3) is 0.389. The Morgan fingerprint density at radius 3 is 2.42 bits per heavy atom. The highest BCUT2D eigenvalue weighted by Gasteiger charge is 2.25. The van der Waals surface area contributed by atoms with Crippen LogP contribution in [0, 0.1) is 5.92 Å². The number of piperidine rings is 1. The summed E-state index contributed by atoms with van der Waals surface area (Å²) in [5.41, 5.74) is 7.00. The Bertz CT molecular complexity index is 728. The fourth-order valence-electron chi connectivity index (χ4n) is 3.19. The first-order valence-corrected chi connectivity index (χ1v) is 8.20. The number of rotatable bonds is 4. The second kappa shape index (κ2) is 6.86. The standard InChI is InChI=1S/C18H22N4O2/c1-21-11-8-20-17(21)18(24)22-9-6-14(7-10-22)12-13-2-4-15(5-3-13)16(19)23/h2-5,8,11,14H,6-7,9-10,12H2,1H3,(H2,19,23). The number of imidazole rings is 1. The van der Waals surface area contributed by atoms with Gasteiger partial charge < -0.3 is 15.2 Å². The van der Waals surface area contributed by atoms with Crippen molar-refractivity contribution in [2.45, 2.75) is 19.3 Å². The van der Waals surface area contributed by atoms with Gasteiger partial charge in [0.1, 0.15) is 0 Å². The number of nitrogens with two attached hydrogens (primary N) is 1. The van der Waals surface area contributed by atoms with Crippen molar-refractivity contribution in [1.29, 1.82) is 0 Å². The average Bonchev–Trinajstić information content (AvgIpc) is 3.01. The van der Waals surface area contributed by atoms with Crippen molar-refractivity contribution in [1.82, 2.24) is 14.5 Å². The second-order valence-electron chi connectivity index (χ2n) is 6.36. The van der Waals surface area contributed by atoms with Crippen LogP contribution in [0.25, 0.3) is 0 Å². The fourth-order valence-corrected chi connectivity index (χ4v) is 3.19. The van der Waals surface area contributed by atoms with Crippen LogP contribution in [-0.2, 0) is 13.5 Å². The number of benzene rings is 1. The molecule has 2 N–H and O–H groups in total. The van der Waals surface area contributed by atoms with E-state index < -0.39 is 5.91 Å².